The van der Waals surface area contributed by atoms with E-state index in [-0.39, 0.29) is 37.4 Å². The monoisotopic (exact) mass is 517 g/mol. The van der Waals surface area contributed by atoms with Crippen molar-refractivity contribution in [1.29, 1.82) is 0 Å². The van der Waals surface area contributed by atoms with Crippen LogP contribution in [0.25, 0.3) is 0 Å². The lowest BCUT2D eigenvalue weighted by atomic mass is 9.78. The Morgan fingerprint density at radius 1 is 1.16 bits per heavy atom. The van der Waals surface area contributed by atoms with Gasteiger partial charge in [-0.25, -0.2) is 0 Å². The lowest BCUT2D eigenvalue weighted by molar-refractivity contribution is -0.159. The van der Waals surface area contributed by atoms with Gasteiger partial charge in [-0.3, -0.25) is 19.2 Å². The minimum absolute atomic E-state index is 0.0527. The fraction of sp³-hybridized carbons (Fsp3) is 0.704. The maximum Gasteiger partial charge on any atom is 0.313 e. The third-order valence-corrected chi connectivity index (χ3v) is 7.98. The fourth-order valence-corrected chi connectivity index (χ4v) is 6.15. The molecule has 2 N–H and O–H groups in total. The summed E-state index contributed by atoms with van der Waals surface area (Å²) in [4.78, 5) is 56.9. The van der Waals surface area contributed by atoms with Crippen LogP contribution in [0.1, 0.15) is 53.4 Å². The van der Waals surface area contributed by atoms with Gasteiger partial charge >= 0.3 is 5.97 Å². The summed E-state index contributed by atoms with van der Waals surface area (Å²) < 4.78 is 12.3. The zero-order valence-electron chi connectivity index (χ0n) is 22.1. The molecule has 0 bridgehead atoms. The van der Waals surface area contributed by atoms with Gasteiger partial charge in [0.1, 0.15) is 23.7 Å². The van der Waals surface area contributed by atoms with Gasteiger partial charge in [0.15, 0.2) is 0 Å². The zero-order chi connectivity index (χ0) is 26.9. The van der Waals surface area contributed by atoms with Crippen molar-refractivity contribution in [2.24, 2.45) is 11.8 Å². The third-order valence-electron chi connectivity index (χ3n) is 7.98. The number of ether oxygens (including phenoxy) is 2. The quantitative estimate of drug-likeness (QED) is 0.411. The molecule has 10 heteroatoms. The summed E-state index contributed by atoms with van der Waals surface area (Å²) in [7, 11) is 0. The highest BCUT2D eigenvalue weighted by Gasteiger charge is 2.72. The van der Waals surface area contributed by atoms with E-state index in [0.717, 1.165) is 12.8 Å². The van der Waals surface area contributed by atoms with Crippen molar-refractivity contribution in [2.75, 3.05) is 19.7 Å². The number of carbonyl (C=O) groups is 4. The first-order chi connectivity index (χ1) is 17.7. The molecule has 10 nitrogen and oxygen atoms in total. The number of nitrogens with zero attached hydrogens (tertiary/aromatic N) is 2. The summed E-state index contributed by atoms with van der Waals surface area (Å²) in [6.45, 7) is 7.61. The molecule has 1 unspecified atom stereocenters. The highest BCUT2D eigenvalue weighted by molar-refractivity contribution is 5.99. The van der Waals surface area contributed by atoms with E-state index in [4.69, 9.17) is 9.47 Å². The molecule has 0 radical (unpaired) electrons. The normalized spacial score (nSPS) is 36.8. The zero-order valence-corrected chi connectivity index (χ0v) is 22.1. The molecule has 4 heterocycles. The number of allylic oxidation sites excluding steroid dienone is 1. The number of likely N-dealkylation sites (tertiary alicyclic amines) is 1. The van der Waals surface area contributed by atoms with E-state index in [1.807, 2.05) is 13.0 Å². The molecule has 2 fully saturated rings. The van der Waals surface area contributed by atoms with Crippen LogP contribution in [-0.4, -0.2) is 94.2 Å². The molecule has 204 valence electrons. The number of hydrogen-bond donors (Lipinski definition) is 2. The summed E-state index contributed by atoms with van der Waals surface area (Å²) in [5, 5.41) is 12.8. The number of fused-ring (bicyclic) bond motifs is 2. The number of aliphatic hydroxyl groups excluding tert-OH is 1. The number of aliphatic hydroxyl groups is 1. The van der Waals surface area contributed by atoms with E-state index in [2.05, 4.69) is 12.2 Å². The summed E-state index contributed by atoms with van der Waals surface area (Å²) in [5.74, 6) is -3.36. The number of carbonyl (C=O) groups excluding carboxylic acids is 4. The van der Waals surface area contributed by atoms with Gasteiger partial charge in [-0.2, -0.15) is 0 Å². The molecule has 0 aliphatic carbocycles. The minimum atomic E-state index is -1.38. The molecule has 37 heavy (non-hydrogen) atoms. The molecule has 0 aromatic rings. The van der Waals surface area contributed by atoms with Crippen molar-refractivity contribution >= 4 is 23.7 Å². The average Bonchev–Trinajstić information content (AvgIpc) is 3.25. The number of cyclic esters (lactones) is 1. The van der Waals surface area contributed by atoms with Gasteiger partial charge in [0.05, 0.1) is 31.2 Å². The Kier molecular flexibility index (Phi) is 8.08. The SMILES string of the molecule is CCCC(C)N1CC=C[C@]23O[C@@H]4/C=C\CCC(=O)NC[C@@H](C)OC(=O)[C@@H]4[C@H]2C(=O)N([C@H](C)CO)[C@@H]3C1=O. The first-order valence-corrected chi connectivity index (χ1v) is 13.4. The van der Waals surface area contributed by atoms with Crippen LogP contribution in [0.5, 0.6) is 0 Å². The Labute approximate surface area is 218 Å². The number of esters is 1. The van der Waals surface area contributed by atoms with Crippen LogP contribution in [0, 0.1) is 11.8 Å². The largest absolute Gasteiger partial charge is 0.460 e. The second kappa shape index (κ2) is 10.9. The minimum Gasteiger partial charge on any atom is -0.460 e. The summed E-state index contributed by atoms with van der Waals surface area (Å²) in [6.07, 6.45) is 8.13. The lowest BCUT2D eigenvalue weighted by Gasteiger charge is -2.39. The second-order valence-electron chi connectivity index (χ2n) is 10.7. The van der Waals surface area contributed by atoms with Crippen molar-refractivity contribution in [3.8, 4) is 0 Å². The molecule has 4 aliphatic heterocycles. The Bertz CT molecular complexity index is 981. The molecule has 0 saturated carbocycles. The standard InChI is InChI=1S/C27H39N3O7/c1-5-9-16(2)29-13-8-12-27-22(24(33)30(17(3)15-31)23(27)25(29)34)21-19(37-27)10-6-7-11-20(32)28-14-18(4)36-26(21)35/h6,8,10,12,16-19,21-23,31H,5,7,9,11,13-15H2,1-4H3,(H,28,32)/b10-6-/t16?,17-,18-,19-,21+,22+,23-,27+/m1/s1. The van der Waals surface area contributed by atoms with Gasteiger partial charge in [-0.1, -0.05) is 37.6 Å². The van der Waals surface area contributed by atoms with Gasteiger partial charge in [-0.05, 0) is 33.6 Å². The van der Waals surface area contributed by atoms with Crippen LogP contribution >= 0.6 is 0 Å². The van der Waals surface area contributed by atoms with Crippen LogP contribution in [0.4, 0.5) is 0 Å². The van der Waals surface area contributed by atoms with Crippen molar-refractivity contribution in [3.63, 3.8) is 0 Å². The van der Waals surface area contributed by atoms with E-state index in [9.17, 15) is 24.3 Å². The van der Waals surface area contributed by atoms with Crippen LogP contribution < -0.4 is 5.32 Å². The molecular formula is C27H39N3O7. The molecule has 3 amide bonds. The van der Waals surface area contributed by atoms with E-state index in [1.165, 1.54) is 4.90 Å². The van der Waals surface area contributed by atoms with Crippen molar-refractivity contribution < 1.29 is 33.8 Å². The van der Waals surface area contributed by atoms with Crippen molar-refractivity contribution in [1.82, 2.24) is 15.1 Å². The number of hydrogen-bond acceptors (Lipinski definition) is 7. The highest BCUT2D eigenvalue weighted by atomic mass is 16.6. The van der Waals surface area contributed by atoms with Crippen LogP contribution in [0.15, 0.2) is 24.3 Å². The van der Waals surface area contributed by atoms with Gasteiger partial charge in [0.25, 0.3) is 0 Å². The molecular weight excluding hydrogens is 478 g/mol. The number of amides is 3. The molecule has 4 aliphatic rings. The predicted molar refractivity (Wildman–Crippen MR) is 134 cm³/mol. The first-order valence-electron chi connectivity index (χ1n) is 13.4. The van der Waals surface area contributed by atoms with Gasteiger partial charge in [-0.15, -0.1) is 0 Å². The lowest BCUT2D eigenvalue weighted by Crippen LogP contribution is -2.58. The molecule has 0 aromatic carbocycles. The molecule has 0 aromatic heterocycles. The summed E-state index contributed by atoms with van der Waals surface area (Å²) in [6, 6.07) is -1.72. The van der Waals surface area contributed by atoms with E-state index in [1.54, 1.807) is 37.0 Å². The Hall–Kier alpha value is -2.72. The summed E-state index contributed by atoms with van der Waals surface area (Å²) >= 11 is 0. The van der Waals surface area contributed by atoms with Gasteiger partial charge in [0.2, 0.25) is 17.7 Å². The van der Waals surface area contributed by atoms with E-state index in [0.29, 0.717) is 13.0 Å². The second-order valence-corrected chi connectivity index (χ2v) is 10.7. The van der Waals surface area contributed by atoms with Gasteiger partial charge in [0, 0.05) is 19.0 Å². The number of nitrogens with one attached hydrogen (secondary N) is 1. The van der Waals surface area contributed by atoms with Crippen LogP contribution in [0.2, 0.25) is 0 Å². The third kappa shape index (κ3) is 4.81. The predicted octanol–water partition coefficient (Wildman–Crippen LogP) is 0.933. The van der Waals surface area contributed by atoms with Crippen LogP contribution in [-0.2, 0) is 28.7 Å². The Morgan fingerprint density at radius 3 is 2.62 bits per heavy atom. The van der Waals surface area contributed by atoms with Crippen LogP contribution in [0.3, 0.4) is 0 Å². The number of rotatable bonds is 5. The van der Waals surface area contributed by atoms with E-state index < -0.39 is 53.6 Å². The summed E-state index contributed by atoms with van der Waals surface area (Å²) in [5.41, 5.74) is -1.38. The molecule has 1 spiro atoms. The molecule has 8 atom stereocenters. The topological polar surface area (TPSA) is 125 Å². The first kappa shape index (κ1) is 27.3. The average molecular weight is 518 g/mol. The maximum absolute atomic E-state index is 14.1. The maximum atomic E-state index is 14.1. The van der Waals surface area contributed by atoms with E-state index >= 15 is 0 Å². The molecule has 4 rings (SSSR count). The Balaban J connectivity index is 1.80. The molecule has 2 saturated heterocycles. The van der Waals surface area contributed by atoms with Crippen molar-refractivity contribution in [3.05, 3.63) is 24.3 Å². The van der Waals surface area contributed by atoms with Gasteiger partial charge < -0.3 is 29.7 Å². The Morgan fingerprint density at radius 2 is 1.92 bits per heavy atom. The fourth-order valence-electron chi connectivity index (χ4n) is 6.15. The highest BCUT2D eigenvalue weighted by Crippen LogP contribution is 2.53. The van der Waals surface area contributed by atoms with Crippen molar-refractivity contribution in [2.45, 2.75) is 89.3 Å². The smallest absolute Gasteiger partial charge is 0.313 e.